The molecule has 0 N–H and O–H groups in total. The quantitative estimate of drug-likeness (QED) is 0.132. The van der Waals surface area contributed by atoms with E-state index in [9.17, 15) is 19.2 Å². The Morgan fingerprint density at radius 2 is 0.825 bits per heavy atom. The molecule has 0 saturated heterocycles. The first-order valence-electron chi connectivity index (χ1n) is 11.8. The Kier molecular flexibility index (Phi) is 10.2. The number of carbonyl (C=O) groups excluding carboxylic acids is 4. The van der Waals surface area contributed by atoms with Gasteiger partial charge in [-0.05, 0) is 86.6 Å². The molecule has 0 amide bonds. The molecule has 206 valence electrons. The first-order chi connectivity index (χ1) is 19.1. The molecule has 0 saturated carbocycles. The molecule has 10 nitrogen and oxygen atoms in total. The van der Waals surface area contributed by atoms with Gasteiger partial charge in [0.1, 0.15) is 23.0 Å². The number of esters is 4. The van der Waals surface area contributed by atoms with E-state index in [4.69, 9.17) is 28.4 Å². The van der Waals surface area contributed by atoms with Crippen molar-refractivity contribution in [2.45, 2.75) is 13.8 Å². The Balaban J connectivity index is 1.46. The lowest BCUT2D eigenvalue weighted by atomic mass is 10.2. The SMILES string of the molecule is C=C(C)C(=O)OCOc1ccc(C(=O)Oc2ccc(OC(=O)c3ccc(OCOC(=O)C(=C)C)cc3)cc2)cc1. The first kappa shape index (κ1) is 29.2. The van der Waals surface area contributed by atoms with Gasteiger partial charge in [-0.1, -0.05) is 13.2 Å². The summed E-state index contributed by atoms with van der Waals surface area (Å²) in [6, 6.07) is 18.1. The van der Waals surface area contributed by atoms with E-state index in [1.807, 2.05) is 0 Å². The van der Waals surface area contributed by atoms with Crippen LogP contribution in [0.25, 0.3) is 0 Å². The van der Waals surface area contributed by atoms with Crippen LogP contribution in [0.5, 0.6) is 23.0 Å². The zero-order valence-corrected chi connectivity index (χ0v) is 21.8. The number of hydrogen-bond donors (Lipinski definition) is 0. The van der Waals surface area contributed by atoms with Crippen LogP contribution in [0.4, 0.5) is 0 Å². The maximum Gasteiger partial charge on any atom is 0.343 e. The predicted octanol–water partition coefficient (Wildman–Crippen LogP) is 5.04. The van der Waals surface area contributed by atoms with E-state index >= 15 is 0 Å². The van der Waals surface area contributed by atoms with Crippen LogP contribution in [-0.4, -0.2) is 37.5 Å². The van der Waals surface area contributed by atoms with Gasteiger partial charge in [0.2, 0.25) is 13.6 Å². The summed E-state index contributed by atoms with van der Waals surface area (Å²) in [6.45, 7) is 9.41. The molecular formula is C30H26O10. The lowest BCUT2D eigenvalue weighted by Gasteiger charge is -2.09. The van der Waals surface area contributed by atoms with Crippen LogP contribution >= 0.6 is 0 Å². The molecule has 0 radical (unpaired) electrons. The lowest BCUT2D eigenvalue weighted by Crippen LogP contribution is -2.11. The molecule has 0 unspecified atom stereocenters. The molecule has 40 heavy (non-hydrogen) atoms. The summed E-state index contributed by atoms with van der Waals surface area (Å²) in [4.78, 5) is 47.6. The highest BCUT2D eigenvalue weighted by Crippen LogP contribution is 2.21. The van der Waals surface area contributed by atoms with E-state index in [0.29, 0.717) is 11.5 Å². The molecule has 0 spiro atoms. The molecule has 0 aliphatic carbocycles. The van der Waals surface area contributed by atoms with Crippen molar-refractivity contribution in [3.63, 3.8) is 0 Å². The Labute approximate surface area is 230 Å². The highest BCUT2D eigenvalue weighted by molar-refractivity contribution is 5.92. The summed E-state index contributed by atoms with van der Waals surface area (Å²) in [5.41, 5.74) is 1.05. The molecule has 0 aliphatic rings. The van der Waals surface area contributed by atoms with E-state index in [0.717, 1.165) is 0 Å². The van der Waals surface area contributed by atoms with Gasteiger partial charge in [0.05, 0.1) is 11.1 Å². The minimum atomic E-state index is -0.610. The van der Waals surface area contributed by atoms with Gasteiger partial charge < -0.3 is 28.4 Å². The van der Waals surface area contributed by atoms with Crippen LogP contribution in [0.15, 0.2) is 97.1 Å². The van der Waals surface area contributed by atoms with E-state index in [1.165, 1.54) is 86.6 Å². The second-order valence-electron chi connectivity index (χ2n) is 8.25. The van der Waals surface area contributed by atoms with Gasteiger partial charge in [0, 0.05) is 11.1 Å². The van der Waals surface area contributed by atoms with Crippen LogP contribution < -0.4 is 18.9 Å². The average molecular weight is 547 g/mol. The summed E-state index contributed by atoms with van der Waals surface area (Å²) in [7, 11) is 0. The Morgan fingerprint density at radius 3 is 1.12 bits per heavy atom. The van der Waals surface area contributed by atoms with E-state index in [-0.39, 0.29) is 47.4 Å². The number of carbonyl (C=O) groups is 4. The van der Waals surface area contributed by atoms with Crippen LogP contribution in [-0.2, 0) is 19.1 Å². The van der Waals surface area contributed by atoms with Crippen molar-refractivity contribution in [2.75, 3.05) is 13.6 Å². The Morgan fingerprint density at radius 1 is 0.525 bits per heavy atom. The fourth-order valence-corrected chi connectivity index (χ4v) is 2.83. The van der Waals surface area contributed by atoms with Gasteiger partial charge in [-0.3, -0.25) is 0 Å². The maximum absolute atomic E-state index is 12.4. The van der Waals surface area contributed by atoms with Crippen LogP contribution in [0.1, 0.15) is 34.6 Å². The second-order valence-corrected chi connectivity index (χ2v) is 8.25. The summed E-state index contributed by atoms with van der Waals surface area (Å²) in [6.07, 6.45) is 0. The van der Waals surface area contributed by atoms with E-state index < -0.39 is 23.9 Å². The molecule has 0 atom stereocenters. The van der Waals surface area contributed by atoms with Crippen LogP contribution in [0, 0.1) is 0 Å². The van der Waals surface area contributed by atoms with Gasteiger partial charge in [-0.2, -0.15) is 0 Å². The molecule has 0 aromatic heterocycles. The fraction of sp³-hybridized carbons (Fsp3) is 0.133. The smallest absolute Gasteiger partial charge is 0.343 e. The standard InChI is InChI=1S/C30H26O10/c1-19(2)27(31)37-17-35-23-9-5-21(6-10-23)29(33)39-25-13-15-26(16-14-25)40-30(34)22-7-11-24(12-8-22)36-18-38-28(32)20(3)4/h5-16H,1,3,17-18H2,2,4H3. The number of benzene rings is 3. The average Bonchev–Trinajstić information content (AvgIpc) is 2.94. The summed E-state index contributed by atoms with van der Waals surface area (Å²) in [5.74, 6) is -1.09. The van der Waals surface area contributed by atoms with Crippen molar-refractivity contribution in [1.82, 2.24) is 0 Å². The van der Waals surface area contributed by atoms with E-state index in [1.54, 1.807) is 0 Å². The minimum Gasteiger partial charge on any atom is -0.457 e. The Bertz CT molecular complexity index is 1280. The number of ether oxygens (including phenoxy) is 6. The second kappa shape index (κ2) is 14.0. The lowest BCUT2D eigenvalue weighted by molar-refractivity contribution is -0.146. The third-order valence-electron chi connectivity index (χ3n) is 4.95. The molecule has 0 bridgehead atoms. The van der Waals surface area contributed by atoms with Gasteiger partial charge in [0.15, 0.2) is 0 Å². The number of hydrogen-bond acceptors (Lipinski definition) is 10. The maximum atomic E-state index is 12.4. The highest BCUT2D eigenvalue weighted by Gasteiger charge is 2.12. The zero-order chi connectivity index (χ0) is 29.1. The van der Waals surface area contributed by atoms with Gasteiger partial charge in [-0.15, -0.1) is 0 Å². The molecule has 0 aliphatic heterocycles. The fourth-order valence-electron chi connectivity index (χ4n) is 2.83. The van der Waals surface area contributed by atoms with Crippen molar-refractivity contribution < 1.29 is 47.6 Å². The molecule has 0 fully saturated rings. The predicted molar refractivity (Wildman–Crippen MR) is 142 cm³/mol. The molecule has 3 rings (SSSR count). The third kappa shape index (κ3) is 8.88. The summed E-state index contributed by atoms with van der Waals surface area (Å²) >= 11 is 0. The van der Waals surface area contributed by atoms with E-state index in [2.05, 4.69) is 13.2 Å². The third-order valence-corrected chi connectivity index (χ3v) is 4.95. The van der Waals surface area contributed by atoms with Crippen LogP contribution in [0.2, 0.25) is 0 Å². The summed E-state index contributed by atoms with van der Waals surface area (Å²) < 4.78 is 31.0. The van der Waals surface area contributed by atoms with Crippen molar-refractivity contribution in [3.05, 3.63) is 108 Å². The molecule has 10 heteroatoms. The topological polar surface area (TPSA) is 124 Å². The minimum absolute atomic E-state index is 0.241. The van der Waals surface area contributed by atoms with Crippen LogP contribution in [0.3, 0.4) is 0 Å². The molecule has 3 aromatic rings. The van der Waals surface area contributed by atoms with Gasteiger partial charge in [-0.25, -0.2) is 19.2 Å². The molecular weight excluding hydrogens is 520 g/mol. The van der Waals surface area contributed by atoms with Crippen molar-refractivity contribution >= 4 is 23.9 Å². The monoisotopic (exact) mass is 546 g/mol. The highest BCUT2D eigenvalue weighted by atomic mass is 16.7. The molecule has 0 heterocycles. The normalized spacial score (nSPS) is 10.1. The largest absolute Gasteiger partial charge is 0.457 e. The van der Waals surface area contributed by atoms with Gasteiger partial charge in [0.25, 0.3) is 0 Å². The zero-order valence-electron chi connectivity index (χ0n) is 21.8. The van der Waals surface area contributed by atoms with Crippen molar-refractivity contribution in [1.29, 1.82) is 0 Å². The Hall–Kier alpha value is -5.38. The molecule has 3 aromatic carbocycles. The van der Waals surface area contributed by atoms with Crippen molar-refractivity contribution in [3.8, 4) is 23.0 Å². The number of rotatable bonds is 12. The first-order valence-corrected chi connectivity index (χ1v) is 11.8. The van der Waals surface area contributed by atoms with Crippen molar-refractivity contribution in [2.24, 2.45) is 0 Å². The van der Waals surface area contributed by atoms with Gasteiger partial charge >= 0.3 is 23.9 Å². The summed E-state index contributed by atoms with van der Waals surface area (Å²) in [5, 5.41) is 0.